The molecule has 1 unspecified atom stereocenters. The molecule has 0 bridgehead atoms. The highest BCUT2D eigenvalue weighted by Gasteiger charge is 2.22. The summed E-state index contributed by atoms with van der Waals surface area (Å²) in [5, 5.41) is 4.44. The first-order valence-corrected chi connectivity index (χ1v) is 7.23. The van der Waals surface area contributed by atoms with Crippen LogP contribution in [0.25, 0.3) is 0 Å². The molecular formula is C12H13Cl2FN2S. The van der Waals surface area contributed by atoms with E-state index in [0.29, 0.717) is 16.9 Å². The summed E-state index contributed by atoms with van der Waals surface area (Å²) in [5.41, 5.74) is 0.655. The Bertz CT molecular complexity index is 468. The average Bonchev–Trinajstić information content (AvgIpc) is 2.74. The van der Waals surface area contributed by atoms with Crippen molar-refractivity contribution in [1.82, 2.24) is 0 Å². The Morgan fingerprint density at radius 2 is 2.00 bits per heavy atom. The van der Waals surface area contributed by atoms with Crippen molar-refractivity contribution in [1.29, 1.82) is 0 Å². The topological polar surface area (TPSA) is 24.4 Å². The maximum absolute atomic E-state index is 13.3. The molecule has 0 aromatic heterocycles. The van der Waals surface area contributed by atoms with Crippen molar-refractivity contribution in [2.24, 2.45) is 10.9 Å². The fraction of sp³-hybridized carbons (Fsp3) is 0.417. The number of nitrogens with one attached hydrogen (secondary N) is 1. The van der Waals surface area contributed by atoms with Gasteiger partial charge in [-0.1, -0.05) is 48.8 Å². The van der Waals surface area contributed by atoms with Crippen LogP contribution in [0.2, 0.25) is 10.0 Å². The van der Waals surface area contributed by atoms with Gasteiger partial charge in [-0.05, 0) is 18.1 Å². The van der Waals surface area contributed by atoms with Gasteiger partial charge in [-0.15, -0.1) is 0 Å². The third kappa shape index (κ3) is 3.11. The van der Waals surface area contributed by atoms with Gasteiger partial charge in [0.05, 0.1) is 16.6 Å². The molecule has 98 valence electrons. The zero-order valence-electron chi connectivity index (χ0n) is 10.0. The molecule has 1 aromatic carbocycles. The van der Waals surface area contributed by atoms with Crippen molar-refractivity contribution < 1.29 is 4.39 Å². The smallest absolute Gasteiger partial charge is 0.161 e. The quantitative estimate of drug-likeness (QED) is 0.803. The van der Waals surface area contributed by atoms with Crippen LogP contribution in [-0.4, -0.2) is 17.0 Å². The minimum atomic E-state index is -0.593. The summed E-state index contributed by atoms with van der Waals surface area (Å²) in [6.45, 7) is 5.14. The van der Waals surface area contributed by atoms with Gasteiger partial charge in [0.15, 0.2) is 11.0 Å². The summed E-state index contributed by atoms with van der Waals surface area (Å²) in [4.78, 5) is 4.40. The molecule has 2 nitrogen and oxygen atoms in total. The maximum Gasteiger partial charge on any atom is 0.161 e. The lowest BCUT2D eigenvalue weighted by molar-refractivity contribution is 0.621. The predicted octanol–water partition coefficient (Wildman–Crippen LogP) is 4.67. The van der Waals surface area contributed by atoms with Gasteiger partial charge in [-0.3, -0.25) is 4.99 Å². The molecule has 1 heterocycles. The molecule has 0 amide bonds. The first kappa shape index (κ1) is 14.0. The Labute approximate surface area is 120 Å². The van der Waals surface area contributed by atoms with Crippen LogP contribution in [0.3, 0.4) is 0 Å². The third-order valence-electron chi connectivity index (χ3n) is 2.66. The highest BCUT2D eigenvalue weighted by atomic mass is 35.5. The number of nitrogens with zero attached hydrogens (tertiary/aromatic N) is 1. The van der Waals surface area contributed by atoms with Crippen LogP contribution < -0.4 is 5.32 Å². The van der Waals surface area contributed by atoms with E-state index in [2.05, 4.69) is 24.2 Å². The molecule has 0 aliphatic carbocycles. The fourth-order valence-corrected chi connectivity index (χ4v) is 3.08. The van der Waals surface area contributed by atoms with Gasteiger partial charge in [0.2, 0.25) is 0 Å². The number of thioether (sulfide) groups is 1. The van der Waals surface area contributed by atoms with Crippen LogP contribution in [0.4, 0.5) is 10.1 Å². The molecule has 0 saturated heterocycles. The molecule has 1 aliphatic rings. The van der Waals surface area contributed by atoms with Crippen molar-refractivity contribution in [2.75, 3.05) is 11.9 Å². The van der Waals surface area contributed by atoms with Crippen molar-refractivity contribution in [3.63, 3.8) is 0 Å². The van der Waals surface area contributed by atoms with Crippen molar-refractivity contribution in [3.8, 4) is 0 Å². The van der Waals surface area contributed by atoms with Gasteiger partial charge in [-0.2, -0.15) is 0 Å². The summed E-state index contributed by atoms with van der Waals surface area (Å²) in [5.74, 6) is -0.0246. The standard InChI is InChI=1S/C12H13Cl2FN2S/c1-6(2)10-5-16-12(18-10)17-7-3-8(13)11(15)9(14)4-7/h3-4,6,10H,5H2,1-2H3,(H,16,17). The minimum Gasteiger partial charge on any atom is -0.335 e. The zero-order chi connectivity index (χ0) is 13.3. The third-order valence-corrected chi connectivity index (χ3v) is 4.66. The number of hydrogen-bond acceptors (Lipinski definition) is 3. The van der Waals surface area contributed by atoms with E-state index < -0.39 is 5.82 Å². The Balaban J connectivity index is 2.07. The van der Waals surface area contributed by atoms with Crippen LogP contribution in [0, 0.1) is 11.7 Å². The fourth-order valence-electron chi connectivity index (χ4n) is 1.56. The van der Waals surface area contributed by atoms with Crippen LogP contribution in [0.1, 0.15) is 13.8 Å². The van der Waals surface area contributed by atoms with Crippen LogP contribution in [0.5, 0.6) is 0 Å². The molecule has 0 saturated carbocycles. The summed E-state index contributed by atoms with van der Waals surface area (Å²) < 4.78 is 13.3. The van der Waals surface area contributed by atoms with Crippen molar-refractivity contribution in [3.05, 3.63) is 28.0 Å². The SMILES string of the molecule is CC(C)C1CN=C(Nc2cc(Cl)c(F)c(Cl)c2)S1. The second kappa shape index (κ2) is 5.68. The molecule has 1 aromatic rings. The molecule has 0 radical (unpaired) electrons. The monoisotopic (exact) mass is 306 g/mol. The molecule has 1 N–H and O–H groups in total. The van der Waals surface area contributed by atoms with Crippen molar-refractivity contribution >= 4 is 45.8 Å². The Morgan fingerprint density at radius 3 is 2.50 bits per heavy atom. The van der Waals surface area contributed by atoms with E-state index >= 15 is 0 Å². The predicted molar refractivity (Wildman–Crippen MR) is 78.6 cm³/mol. The number of amidine groups is 1. The zero-order valence-corrected chi connectivity index (χ0v) is 12.3. The first-order valence-electron chi connectivity index (χ1n) is 5.60. The average molecular weight is 307 g/mol. The van der Waals surface area contributed by atoms with E-state index in [0.717, 1.165) is 11.7 Å². The number of rotatable bonds is 2. The Morgan fingerprint density at radius 1 is 1.39 bits per heavy atom. The van der Waals surface area contributed by atoms with Crippen LogP contribution >= 0.6 is 35.0 Å². The summed E-state index contributed by atoms with van der Waals surface area (Å²) >= 11 is 13.2. The van der Waals surface area contributed by atoms with Crippen LogP contribution in [0.15, 0.2) is 17.1 Å². The number of aliphatic imine (C=N–C) groups is 1. The van der Waals surface area contributed by atoms with Gasteiger partial charge in [0.1, 0.15) is 0 Å². The molecule has 2 rings (SSSR count). The lowest BCUT2D eigenvalue weighted by Crippen LogP contribution is -2.13. The van der Waals surface area contributed by atoms with E-state index in [1.54, 1.807) is 11.8 Å². The van der Waals surface area contributed by atoms with Gasteiger partial charge in [0, 0.05) is 10.9 Å². The molecule has 18 heavy (non-hydrogen) atoms. The number of anilines is 1. The normalized spacial score (nSPS) is 19.2. The molecular weight excluding hydrogens is 294 g/mol. The summed E-state index contributed by atoms with van der Waals surface area (Å²) in [6, 6.07) is 3.02. The van der Waals surface area contributed by atoms with E-state index in [9.17, 15) is 4.39 Å². The minimum absolute atomic E-state index is 0.00834. The largest absolute Gasteiger partial charge is 0.335 e. The number of benzene rings is 1. The summed E-state index contributed by atoms with van der Waals surface area (Å²) in [7, 11) is 0. The second-order valence-electron chi connectivity index (χ2n) is 4.43. The molecule has 1 aliphatic heterocycles. The Kier molecular flexibility index (Phi) is 4.41. The second-order valence-corrected chi connectivity index (χ2v) is 6.47. The van der Waals surface area contributed by atoms with E-state index in [1.807, 2.05) is 0 Å². The highest BCUT2D eigenvalue weighted by molar-refractivity contribution is 8.15. The van der Waals surface area contributed by atoms with Crippen LogP contribution in [-0.2, 0) is 0 Å². The van der Waals surface area contributed by atoms with Gasteiger partial charge in [-0.25, -0.2) is 4.39 Å². The molecule has 6 heteroatoms. The van der Waals surface area contributed by atoms with Gasteiger partial charge < -0.3 is 5.32 Å². The van der Waals surface area contributed by atoms with E-state index in [4.69, 9.17) is 23.2 Å². The lowest BCUT2D eigenvalue weighted by Gasteiger charge is -2.12. The number of halogens is 3. The molecule has 1 atom stereocenters. The summed E-state index contributed by atoms with van der Waals surface area (Å²) in [6.07, 6.45) is 0. The van der Waals surface area contributed by atoms with Gasteiger partial charge >= 0.3 is 0 Å². The van der Waals surface area contributed by atoms with E-state index in [-0.39, 0.29) is 10.0 Å². The Hall–Kier alpha value is -0.450. The highest BCUT2D eigenvalue weighted by Crippen LogP contribution is 2.31. The molecule has 0 fully saturated rings. The first-order chi connectivity index (χ1) is 8.47. The van der Waals surface area contributed by atoms with Gasteiger partial charge in [0.25, 0.3) is 0 Å². The maximum atomic E-state index is 13.3. The lowest BCUT2D eigenvalue weighted by atomic mass is 10.1. The van der Waals surface area contributed by atoms with E-state index in [1.165, 1.54) is 12.1 Å². The number of hydrogen-bond donors (Lipinski definition) is 1. The van der Waals surface area contributed by atoms with Crippen molar-refractivity contribution in [2.45, 2.75) is 19.1 Å². The molecule has 0 spiro atoms.